The number of hydrogen-bond acceptors (Lipinski definition) is 6. The summed E-state index contributed by atoms with van der Waals surface area (Å²) in [7, 11) is -3.90. The standard InChI is InChI=1S/C15H24N4O4S/c1-12-10-14(19(20)21)15(11-13(12)2)24(22,23)17-4-3-7-18-8-5-16-6-9-18/h10-11,16-17H,3-9H2,1-2H3. The number of aryl methyl sites for hydroxylation is 2. The molecule has 1 fully saturated rings. The highest BCUT2D eigenvalue weighted by molar-refractivity contribution is 7.89. The highest BCUT2D eigenvalue weighted by Crippen LogP contribution is 2.27. The molecule has 0 amide bonds. The van der Waals surface area contributed by atoms with Crippen molar-refractivity contribution in [2.24, 2.45) is 0 Å². The smallest absolute Gasteiger partial charge is 0.289 e. The van der Waals surface area contributed by atoms with Crippen LogP contribution in [0.25, 0.3) is 0 Å². The number of sulfonamides is 1. The number of benzene rings is 1. The maximum Gasteiger partial charge on any atom is 0.289 e. The van der Waals surface area contributed by atoms with E-state index in [0.717, 1.165) is 32.7 Å². The minimum atomic E-state index is -3.90. The van der Waals surface area contributed by atoms with Crippen LogP contribution in [-0.2, 0) is 10.0 Å². The first kappa shape index (κ1) is 18.8. The minimum absolute atomic E-state index is 0.260. The highest BCUT2D eigenvalue weighted by Gasteiger charge is 2.26. The third-order valence-corrected chi connectivity index (χ3v) is 5.70. The van der Waals surface area contributed by atoms with E-state index < -0.39 is 14.9 Å². The number of rotatable bonds is 7. The van der Waals surface area contributed by atoms with Crippen LogP contribution < -0.4 is 10.0 Å². The lowest BCUT2D eigenvalue weighted by atomic mass is 10.1. The molecule has 1 saturated heterocycles. The first-order valence-corrected chi connectivity index (χ1v) is 9.48. The van der Waals surface area contributed by atoms with Gasteiger partial charge in [-0.05, 0) is 44.0 Å². The van der Waals surface area contributed by atoms with Crippen LogP contribution in [0.4, 0.5) is 5.69 Å². The molecule has 1 heterocycles. The first-order chi connectivity index (χ1) is 11.3. The van der Waals surface area contributed by atoms with Crippen molar-refractivity contribution in [3.05, 3.63) is 33.4 Å². The summed E-state index contributed by atoms with van der Waals surface area (Å²) in [6.45, 7) is 8.32. The molecule has 1 aliphatic rings. The van der Waals surface area contributed by atoms with Crippen LogP contribution in [0.2, 0.25) is 0 Å². The van der Waals surface area contributed by atoms with E-state index in [1.54, 1.807) is 13.8 Å². The SMILES string of the molecule is Cc1cc([N+](=O)[O-])c(S(=O)(=O)NCCCN2CCNCC2)cc1C. The molecule has 0 spiro atoms. The highest BCUT2D eigenvalue weighted by atomic mass is 32.2. The predicted octanol–water partition coefficient (Wildman–Crippen LogP) is 0.785. The number of hydrogen-bond donors (Lipinski definition) is 2. The Hall–Kier alpha value is -1.55. The summed E-state index contributed by atoms with van der Waals surface area (Å²) in [5.41, 5.74) is 1.02. The molecule has 2 rings (SSSR count). The molecule has 1 aliphatic heterocycles. The molecular formula is C15H24N4O4S. The van der Waals surface area contributed by atoms with Crippen molar-refractivity contribution in [3.63, 3.8) is 0 Å². The van der Waals surface area contributed by atoms with Crippen LogP contribution in [0.1, 0.15) is 17.5 Å². The first-order valence-electron chi connectivity index (χ1n) is 7.99. The van der Waals surface area contributed by atoms with Gasteiger partial charge in [0.1, 0.15) is 0 Å². The molecule has 0 saturated carbocycles. The summed E-state index contributed by atoms with van der Waals surface area (Å²) in [6.07, 6.45) is 0.665. The van der Waals surface area contributed by atoms with Gasteiger partial charge in [0.25, 0.3) is 5.69 Å². The Morgan fingerprint density at radius 1 is 1.25 bits per heavy atom. The van der Waals surface area contributed by atoms with E-state index in [-0.39, 0.29) is 17.1 Å². The monoisotopic (exact) mass is 356 g/mol. The fraction of sp³-hybridized carbons (Fsp3) is 0.600. The van der Waals surface area contributed by atoms with Gasteiger partial charge in [0.15, 0.2) is 4.90 Å². The predicted molar refractivity (Wildman–Crippen MR) is 91.7 cm³/mol. The van der Waals surface area contributed by atoms with Gasteiger partial charge in [-0.1, -0.05) is 0 Å². The van der Waals surface area contributed by atoms with Gasteiger partial charge in [-0.25, -0.2) is 13.1 Å². The second-order valence-corrected chi connectivity index (χ2v) is 7.74. The molecule has 1 aromatic carbocycles. The summed E-state index contributed by atoms with van der Waals surface area (Å²) in [6, 6.07) is 2.68. The Bertz CT molecular complexity index is 700. The topological polar surface area (TPSA) is 105 Å². The van der Waals surface area contributed by atoms with Crippen LogP contribution in [0.3, 0.4) is 0 Å². The molecule has 0 unspecified atom stereocenters. The van der Waals surface area contributed by atoms with Gasteiger partial charge in [-0.3, -0.25) is 10.1 Å². The number of nitro groups is 1. The normalized spacial score (nSPS) is 16.2. The Morgan fingerprint density at radius 3 is 2.50 bits per heavy atom. The van der Waals surface area contributed by atoms with Gasteiger partial charge in [-0.2, -0.15) is 0 Å². The van der Waals surface area contributed by atoms with E-state index in [2.05, 4.69) is 14.9 Å². The van der Waals surface area contributed by atoms with Crippen molar-refractivity contribution >= 4 is 15.7 Å². The fourth-order valence-corrected chi connectivity index (χ4v) is 3.96. The molecule has 134 valence electrons. The van der Waals surface area contributed by atoms with Crippen molar-refractivity contribution < 1.29 is 13.3 Å². The average Bonchev–Trinajstić information content (AvgIpc) is 2.54. The molecule has 0 radical (unpaired) electrons. The molecule has 0 aromatic heterocycles. The van der Waals surface area contributed by atoms with E-state index in [1.807, 2.05) is 0 Å². The van der Waals surface area contributed by atoms with E-state index >= 15 is 0 Å². The molecule has 9 heteroatoms. The van der Waals surface area contributed by atoms with Gasteiger partial charge in [0.2, 0.25) is 10.0 Å². The van der Waals surface area contributed by atoms with E-state index in [1.165, 1.54) is 12.1 Å². The Labute approximate surface area is 142 Å². The Kier molecular flexibility index (Phi) is 6.27. The third kappa shape index (κ3) is 4.73. The molecule has 1 aromatic rings. The molecule has 0 bridgehead atoms. The fourth-order valence-electron chi connectivity index (χ4n) is 2.65. The Balaban J connectivity index is 2.02. The molecule has 24 heavy (non-hydrogen) atoms. The second-order valence-electron chi connectivity index (χ2n) is 6.00. The molecular weight excluding hydrogens is 332 g/mol. The number of nitro benzene ring substituents is 1. The summed E-state index contributed by atoms with van der Waals surface area (Å²) < 4.78 is 27.3. The average molecular weight is 356 g/mol. The number of nitrogens with zero attached hydrogens (tertiary/aromatic N) is 2. The zero-order chi connectivity index (χ0) is 17.7. The maximum absolute atomic E-state index is 12.4. The summed E-state index contributed by atoms with van der Waals surface area (Å²) >= 11 is 0. The van der Waals surface area contributed by atoms with Crippen molar-refractivity contribution in [1.82, 2.24) is 14.9 Å². The Morgan fingerprint density at radius 2 is 1.88 bits per heavy atom. The third-order valence-electron chi connectivity index (χ3n) is 4.21. The molecule has 0 atom stereocenters. The van der Waals surface area contributed by atoms with Crippen LogP contribution in [-0.4, -0.2) is 57.5 Å². The number of nitrogens with one attached hydrogen (secondary N) is 2. The van der Waals surface area contributed by atoms with Crippen molar-refractivity contribution in [1.29, 1.82) is 0 Å². The minimum Gasteiger partial charge on any atom is -0.314 e. The van der Waals surface area contributed by atoms with Gasteiger partial charge in [0.05, 0.1) is 4.92 Å². The van der Waals surface area contributed by atoms with Crippen LogP contribution in [0, 0.1) is 24.0 Å². The van der Waals surface area contributed by atoms with Gasteiger partial charge in [-0.15, -0.1) is 0 Å². The zero-order valence-corrected chi connectivity index (χ0v) is 14.9. The van der Waals surface area contributed by atoms with Crippen LogP contribution >= 0.6 is 0 Å². The number of piperazine rings is 1. The summed E-state index contributed by atoms with van der Waals surface area (Å²) in [5, 5.41) is 14.4. The lowest BCUT2D eigenvalue weighted by Gasteiger charge is -2.27. The van der Waals surface area contributed by atoms with Gasteiger partial charge >= 0.3 is 0 Å². The second kappa shape index (κ2) is 8.02. The quantitative estimate of drug-likeness (QED) is 0.425. The lowest BCUT2D eigenvalue weighted by Crippen LogP contribution is -2.44. The lowest BCUT2D eigenvalue weighted by molar-refractivity contribution is -0.387. The maximum atomic E-state index is 12.4. The summed E-state index contributed by atoms with van der Waals surface area (Å²) in [5.74, 6) is 0. The van der Waals surface area contributed by atoms with E-state index in [4.69, 9.17) is 0 Å². The zero-order valence-electron chi connectivity index (χ0n) is 14.0. The molecule has 2 N–H and O–H groups in total. The van der Waals surface area contributed by atoms with Crippen molar-refractivity contribution in [3.8, 4) is 0 Å². The van der Waals surface area contributed by atoms with E-state index in [0.29, 0.717) is 17.5 Å². The summed E-state index contributed by atoms with van der Waals surface area (Å²) in [4.78, 5) is 12.5. The van der Waals surface area contributed by atoms with Crippen molar-refractivity contribution in [2.45, 2.75) is 25.2 Å². The molecule has 8 nitrogen and oxygen atoms in total. The van der Waals surface area contributed by atoms with Gasteiger partial charge in [0, 0.05) is 38.8 Å². The molecule has 0 aliphatic carbocycles. The van der Waals surface area contributed by atoms with Crippen molar-refractivity contribution in [2.75, 3.05) is 39.3 Å². The van der Waals surface area contributed by atoms with Crippen LogP contribution in [0.15, 0.2) is 17.0 Å². The largest absolute Gasteiger partial charge is 0.314 e. The van der Waals surface area contributed by atoms with E-state index in [9.17, 15) is 18.5 Å². The van der Waals surface area contributed by atoms with Crippen LogP contribution in [0.5, 0.6) is 0 Å². The van der Waals surface area contributed by atoms with Gasteiger partial charge < -0.3 is 10.2 Å².